The minimum absolute atomic E-state index is 0. The van der Waals surface area contributed by atoms with Crippen LogP contribution in [0.5, 0.6) is 5.75 Å². The summed E-state index contributed by atoms with van der Waals surface area (Å²) in [6.07, 6.45) is 2.32. The summed E-state index contributed by atoms with van der Waals surface area (Å²) in [5.41, 5.74) is 0. The molecule has 0 bridgehead atoms. The zero-order valence-electron chi connectivity index (χ0n) is 15.3. The molecule has 1 aliphatic rings. The van der Waals surface area contributed by atoms with Crippen LogP contribution < -0.4 is 15.4 Å². The number of guanidine groups is 1. The van der Waals surface area contributed by atoms with Gasteiger partial charge in [-0.25, -0.2) is 4.39 Å². The van der Waals surface area contributed by atoms with Crippen LogP contribution in [0.3, 0.4) is 0 Å². The van der Waals surface area contributed by atoms with Crippen molar-refractivity contribution >= 4 is 29.9 Å². The van der Waals surface area contributed by atoms with Crippen molar-refractivity contribution in [1.29, 1.82) is 0 Å². The molecule has 0 radical (unpaired) electrons. The maximum atomic E-state index is 13.6. The quantitative estimate of drug-likeness (QED) is 0.370. The zero-order chi connectivity index (χ0) is 17.4. The van der Waals surface area contributed by atoms with E-state index in [4.69, 9.17) is 4.74 Å². The summed E-state index contributed by atoms with van der Waals surface area (Å²) in [6, 6.07) is 7.02. The molecule has 7 heteroatoms. The smallest absolute Gasteiger partial charge is 0.191 e. The van der Waals surface area contributed by atoms with Gasteiger partial charge >= 0.3 is 0 Å². The molecule has 2 N–H and O–H groups in total. The van der Waals surface area contributed by atoms with Gasteiger partial charge in [0.05, 0.1) is 6.54 Å². The third-order valence-electron chi connectivity index (χ3n) is 4.36. The molecule has 2 unspecified atom stereocenters. The number of nitrogens with zero attached hydrogens (tertiary/aromatic N) is 2. The van der Waals surface area contributed by atoms with Crippen molar-refractivity contribution in [1.82, 2.24) is 15.5 Å². The number of halogens is 2. The Morgan fingerprint density at radius 1 is 1.40 bits per heavy atom. The second-order valence-corrected chi connectivity index (χ2v) is 6.12. The van der Waals surface area contributed by atoms with E-state index in [1.165, 1.54) is 25.5 Å². The van der Waals surface area contributed by atoms with E-state index in [1.807, 2.05) is 6.92 Å². The summed E-state index contributed by atoms with van der Waals surface area (Å²) in [6.45, 7) is 7.82. The lowest BCUT2D eigenvalue weighted by Gasteiger charge is -2.24. The molecule has 1 fully saturated rings. The zero-order valence-corrected chi connectivity index (χ0v) is 17.6. The van der Waals surface area contributed by atoms with Gasteiger partial charge in [0.2, 0.25) is 0 Å². The van der Waals surface area contributed by atoms with Crippen LogP contribution in [0.1, 0.15) is 26.7 Å². The third-order valence-corrected chi connectivity index (χ3v) is 4.36. The first-order chi connectivity index (χ1) is 11.6. The van der Waals surface area contributed by atoms with E-state index in [-0.39, 0.29) is 41.6 Å². The molecular weight excluding hydrogens is 434 g/mol. The van der Waals surface area contributed by atoms with Crippen molar-refractivity contribution in [2.24, 2.45) is 4.99 Å². The molecule has 0 aliphatic carbocycles. The second-order valence-electron chi connectivity index (χ2n) is 6.12. The number of aliphatic imine (C=N–C) groups is 1. The molecule has 1 aromatic rings. The lowest BCUT2D eigenvalue weighted by molar-refractivity contribution is 0.213. The number of hydrogen-bond donors (Lipinski definition) is 2. The van der Waals surface area contributed by atoms with E-state index < -0.39 is 0 Å². The highest BCUT2D eigenvalue weighted by atomic mass is 127. The molecule has 5 nitrogen and oxygen atoms in total. The van der Waals surface area contributed by atoms with Crippen LogP contribution in [0.15, 0.2) is 29.3 Å². The van der Waals surface area contributed by atoms with E-state index in [0.29, 0.717) is 12.6 Å². The molecule has 1 aromatic carbocycles. The molecular formula is C18H30FIN4O. The molecule has 1 heterocycles. The molecule has 0 spiro atoms. The van der Waals surface area contributed by atoms with Gasteiger partial charge in [0.1, 0.15) is 6.10 Å². The molecule has 2 atom stereocenters. The Hall–Kier alpha value is -1.09. The highest BCUT2D eigenvalue weighted by Crippen LogP contribution is 2.17. The summed E-state index contributed by atoms with van der Waals surface area (Å²) >= 11 is 0. The van der Waals surface area contributed by atoms with Gasteiger partial charge in [-0.15, -0.1) is 24.0 Å². The van der Waals surface area contributed by atoms with Crippen LogP contribution >= 0.6 is 24.0 Å². The molecule has 2 rings (SSSR count). The van der Waals surface area contributed by atoms with Gasteiger partial charge in [-0.2, -0.15) is 0 Å². The van der Waals surface area contributed by atoms with Crippen LogP contribution in [0.2, 0.25) is 0 Å². The predicted octanol–water partition coefficient (Wildman–Crippen LogP) is 2.86. The predicted molar refractivity (Wildman–Crippen MR) is 112 cm³/mol. The molecule has 142 valence electrons. The first-order valence-electron chi connectivity index (χ1n) is 8.73. The first-order valence-corrected chi connectivity index (χ1v) is 8.73. The Morgan fingerprint density at radius 3 is 2.84 bits per heavy atom. The van der Waals surface area contributed by atoms with Gasteiger partial charge in [0.15, 0.2) is 17.5 Å². The van der Waals surface area contributed by atoms with Gasteiger partial charge in [-0.1, -0.05) is 19.1 Å². The van der Waals surface area contributed by atoms with Crippen LogP contribution in [-0.2, 0) is 0 Å². The summed E-state index contributed by atoms with van der Waals surface area (Å²) < 4.78 is 19.2. The van der Waals surface area contributed by atoms with Gasteiger partial charge < -0.3 is 15.4 Å². The Balaban J connectivity index is 0.00000312. The lowest BCUT2D eigenvalue weighted by atomic mass is 10.2. The fourth-order valence-corrected chi connectivity index (χ4v) is 3.02. The van der Waals surface area contributed by atoms with Crippen molar-refractivity contribution in [2.45, 2.75) is 38.8 Å². The van der Waals surface area contributed by atoms with Crippen molar-refractivity contribution in [3.05, 3.63) is 30.1 Å². The minimum atomic E-state index is -0.340. The number of rotatable bonds is 7. The van der Waals surface area contributed by atoms with Crippen molar-refractivity contribution in [3.8, 4) is 5.75 Å². The van der Waals surface area contributed by atoms with Crippen LogP contribution in [0.25, 0.3) is 0 Å². The maximum Gasteiger partial charge on any atom is 0.191 e. The van der Waals surface area contributed by atoms with Gasteiger partial charge in [0.25, 0.3) is 0 Å². The molecule has 1 saturated heterocycles. The summed E-state index contributed by atoms with van der Waals surface area (Å²) in [5.74, 6) is 0.689. The monoisotopic (exact) mass is 464 g/mol. The Kier molecular flexibility index (Phi) is 10.1. The van der Waals surface area contributed by atoms with E-state index >= 15 is 0 Å². The van der Waals surface area contributed by atoms with Gasteiger partial charge in [-0.05, 0) is 45.0 Å². The molecule has 0 saturated carbocycles. The fraction of sp³-hybridized carbons (Fsp3) is 0.611. The molecule has 25 heavy (non-hydrogen) atoms. The molecule has 0 amide bonds. The molecule has 1 aliphatic heterocycles. The summed E-state index contributed by atoms with van der Waals surface area (Å²) in [7, 11) is 1.75. The van der Waals surface area contributed by atoms with Crippen LogP contribution in [0.4, 0.5) is 4.39 Å². The maximum absolute atomic E-state index is 13.6. The van der Waals surface area contributed by atoms with Crippen molar-refractivity contribution in [3.63, 3.8) is 0 Å². The Bertz CT molecular complexity index is 544. The third kappa shape index (κ3) is 6.97. The average Bonchev–Trinajstić information content (AvgIpc) is 3.04. The lowest BCUT2D eigenvalue weighted by Crippen LogP contribution is -2.46. The number of nitrogens with one attached hydrogen (secondary N) is 2. The first kappa shape index (κ1) is 22.0. The number of ether oxygens (including phenoxy) is 1. The van der Waals surface area contributed by atoms with Crippen LogP contribution in [-0.4, -0.2) is 56.2 Å². The van der Waals surface area contributed by atoms with E-state index in [0.717, 1.165) is 19.0 Å². The number of likely N-dealkylation sites (N-methyl/N-ethyl adjacent to an activating group) is 1. The topological polar surface area (TPSA) is 48.9 Å². The van der Waals surface area contributed by atoms with E-state index in [9.17, 15) is 4.39 Å². The summed E-state index contributed by atoms with van der Waals surface area (Å²) in [5, 5.41) is 6.61. The summed E-state index contributed by atoms with van der Waals surface area (Å²) in [4.78, 5) is 6.73. The number of hydrogen-bond acceptors (Lipinski definition) is 3. The number of benzene rings is 1. The average molecular weight is 464 g/mol. The molecule has 0 aromatic heterocycles. The van der Waals surface area contributed by atoms with Crippen molar-refractivity contribution < 1.29 is 9.13 Å². The number of likely N-dealkylation sites (tertiary alicyclic amines) is 1. The van der Waals surface area contributed by atoms with Crippen molar-refractivity contribution in [2.75, 3.05) is 33.2 Å². The van der Waals surface area contributed by atoms with E-state index in [1.54, 1.807) is 25.2 Å². The highest BCUT2D eigenvalue weighted by Gasteiger charge is 2.22. The van der Waals surface area contributed by atoms with Gasteiger partial charge in [0, 0.05) is 19.6 Å². The fourth-order valence-electron chi connectivity index (χ4n) is 3.02. The van der Waals surface area contributed by atoms with Crippen LogP contribution in [0, 0.1) is 5.82 Å². The Morgan fingerprint density at radius 2 is 2.16 bits per heavy atom. The normalized spacial score (nSPS) is 19.2. The minimum Gasteiger partial charge on any atom is -0.486 e. The second kappa shape index (κ2) is 11.5. The standard InChI is InChI=1S/C18H29FN4O.HI/c1-4-23-11-7-8-15(23)13-22-18(20-3)21-12-14(2)24-17-10-6-5-9-16(17)19;/h5-6,9-10,14-15H,4,7-8,11-13H2,1-3H3,(H2,20,21,22);1H. The van der Waals surface area contributed by atoms with Gasteiger partial charge in [-0.3, -0.25) is 9.89 Å². The largest absolute Gasteiger partial charge is 0.486 e. The highest BCUT2D eigenvalue weighted by molar-refractivity contribution is 14.0. The number of para-hydroxylation sites is 1. The van der Waals surface area contributed by atoms with E-state index in [2.05, 4.69) is 27.4 Å². The Labute approximate surface area is 167 Å². The SMILES string of the molecule is CCN1CCCC1CNC(=NC)NCC(C)Oc1ccccc1F.I.